The molecule has 0 saturated heterocycles. The van der Waals surface area contributed by atoms with Crippen LogP contribution in [-0.2, 0) is 17.9 Å². The average molecular weight is 310 g/mol. The van der Waals surface area contributed by atoms with Gasteiger partial charge in [-0.1, -0.05) is 42.5 Å². The summed E-state index contributed by atoms with van der Waals surface area (Å²) >= 11 is 0. The van der Waals surface area contributed by atoms with Gasteiger partial charge in [0.25, 0.3) is 5.91 Å². The molecule has 1 heterocycles. The summed E-state index contributed by atoms with van der Waals surface area (Å²) in [6.45, 7) is 1.34. The van der Waals surface area contributed by atoms with E-state index in [9.17, 15) is 9.90 Å². The second-order valence-corrected chi connectivity index (χ2v) is 5.55. The molecule has 1 amide bonds. The number of hydrogen-bond acceptors (Lipinski definition) is 4. The van der Waals surface area contributed by atoms with E-state index in [4.69, 9.17) is 4.84 Å². The number of carbonyl (C=O) groups is 1. The van der Waals surface area contributed by atoms with Gasteiger partial charge in [-0.2, -0.15) is 5.48 Å². The lowest BCUT2D eigenvalue weighted by Gasteiger charge is -2.19. The summed E-state index contributed by atoms with van der Waals surface area (Å²) in [4.78, 5) is 18.6. The number of carbonyl (C=O) groups excluding carboxylic acids is 1. The molecule has 2 N–H and O–H groups in total. The van der Waals surface area contributed by atoms with Gasteiger partial charge >= 0.3 is 0 Å². The molecule has 118 valence electrons. The maximum Gasteiger partial charge on any atom is 0.276 e. The maximum atomic E-state index is 11.3. The van der Waals surface area contributed by atoms with Crippen LogP contribution in [-0.4, -0.2) is 23.0 Å². The van der Waals surface area contributed by atoms with Crippen molar-refractivity contribution in [2.24, 2.45) is 0 Å². The van der Waals surface area contributed by atoms with E-state index < -0.39 is 0 Å². The Labute approximate surface area is 134 Å². The van der Waals surface area contributed by atoms with Crippen LogP contribution in [0.1, 0.15) is 16.7 Å². The van der Waals surface area contributed by atoms with Crippen LogP contribution in [0.15, 0.2) is 48.5 Å². The number of phenolic OH excluding ortho intramolecular Hbond substituents is 1. The lowest BCUT2D eigenvalue weighted by molar-refractivity contribution is -0.122. The Morgan fingerprint density at radius 3 is 2.65 bits per heavy atom. The van der Waals surface area contributed by atoms with E-state index in [-0.39, 0.29) is 17.4 Å². The molecular weight excluding hydrogens is 292 g/mol. The quantitative estimate of drug-likeness (QED) is 0.910. The largest absolute Gasteiger partial charge is 0.504 e. The summed E-state index contributed by atoms with van der Waals surface area (Å²) in [5.74, 6) is -0.0321. The van der Waals surface area contributed by atoms with Gasteiger partial charge in [-0.05, 0) is 18.7 Å². The molecule has 0 fully saturated rings. The minimum absolute atomic E-state index is 0.0502. The van der Waals surface area contributed by atoms with Crippen molar-refractivity contribution in [2.45, 2.75) is 13.1 Å². The second-order valence-electron chi connectivity index (χ2n) is 5.55. The maximum absolute atomic E-state index is 11.3. The van der Waals surface area contributed by atoms with Gasteiger partial charge in [0, 0.05) is 30.3 Å². The molecule has 0 bridgehead atoms. The van der Waals surface area contributed by atoms with Crippen molar-refractivity contribution in [3.8, 4) is 11.5 Å². The summed E-state index contributed by atoms with van der Waals surface area (Å²) in [6, 6.07) is 13.8. The summed E-state index contributed by atoms with van der Waals surface area (Å²) in [6.07, 6.45) is 2.99. The molecule has 5 heteroatoms. The number of amides is 1. The van der Waals surface area contributed by atoms with Gasteiger partial charge in [0.15, 0.2) is 5.75 Å². The van der Waals surface area contributed by atoms with Crippen LogP contribution in [0.25, 0.3) is 6.08 Å². The fourth-order valence-corrected chi connectivity index (χ4v) is 2.54. The zero-order chi connectivity index (χ0) is 16.2. The van der Waals surface area contributed by atoms with Gasteiger partial charge < -0.3 is 9.94 Å². The molecule has 5 nitrogen and oxygen atoms in total. The number of hydrogen-bond donors (Lipinski definition) is 2. The Hall–Kier alpha value is -2.79. The van der Waals surface area contributed by atoms with Crippen molar-refractivity contribution in [3.05, 3.63) is 65.2 Å². The highest BCUT2D eigenvalue weighted by Gasteiger charge is 2.17. The molecule has 0 unspecified atom stereocenters. The highest BCUT2D eigenvalue weighted by molar-refractivity contribution is 5.92. The van der Waals surface area contributed by atoms with E-state index in [1.807, 2.05) is 37.4 Å². The van der Waals surface area contributed by atoms with Gasteiger partial charge in [-0.15, -0.1) is 0 Å². The van der Waals surface area contributed by atoms with E-state index in [1.165, 1.54) is 11.6 Å². The lowest BCUT2D eigenvalue weighted by atomic mass is 10.1. The van der Waals surface area contributed by atoms with Crippen LogP contribution in [0.4, 0.5) is 0 Å². The molecule has 3 rings (SSSR count). The smallest absolute Gasteiger partial charge is 0.276 e. The summed E-state index contributed by atoms with van der Waals surface area (Å²) in [5, 5.41) is 10.4. The highest BCUT2D eigenvalue weighted by atomic mass is 16.7. The van der Waals surface area contributed by atoms with E-state index in [2.05, 4.69) is 22.5 Å². The second kappa shape index (κ2) is 6.54. The van der Waals surface area contributed by atoms with Crippen LogP contribution >= 0.6 is 0 Å². The van der Waals surface area contributed by atoms with Crippen molar-refractivity contribution in [1.29, 1.82) is 0 Å². The fourth-order valence-electron chi connectivity index (χ4n) is 2.54. The standard InChI is InChI=1S/C18H18N2O3/c1-20(11-13-5-3-2-4-6-13)12-15-8-7-14-9-10-16(21)19-23-18(14)17(15)22/h2-10,22H,11-12H2,1H3,(H,19,21). The van der Waals surface area contributed by atoms with Gasteiger partial charge in [-0.3, -0.25) is 9.69 Å². The molecule has 0 aliphatic carbocycles. The molecule has 0 radical (unpaired) electrons. The molecule has 2 aromatic rings. The van der Waals surface area contributed by atoms with E-state index in [1.54, 1.807) is 6.08 Å². The lowest BCUT2D eigenvalue weighted by Crippen LogP contribution is -2.24. The monoisotopic (exact) mass is 310 g/mol. The minimum Gasteiger partial charge on any atom is -0.504 e. The number of aromatic hydroxyl groups is 1. The zero-order valence-electron chi connectivity index (χ0n) is 12.8. The Morgan fingerprint density at radius 2 is 1.87 bits per heavy atom. The number of nitrogens with zero attached hydrogens (tertiary/aromatic N) is 1. The molecule has 1 aliphatic heterocycles. The van der Waals surface area contributed by atoms with Crippen molar-refractivity contribution < 1.29 is 14.7 Å². The summed E-state index contributed by atoms with van der Waals surface area (Å²) in [7, 11) is 1.99. The Kier molecular flexibility index (Phi) is 4.30. The first-order valence-corrected chi connectivity index (χ1v) is 7.35. The number of fused-ring (bicyclic) bond motifs is 1. The van der Waals surface area contributed by atoms with E-state index >= 15 is 0 Å². The van der Waals surface area contributed by atoms with Crippen molar-refractivity contribution in [2.75, 3.05) is 7.05 Å². The SMILES string of the molecule is CN(Cc1ccccc1)Cc1ccc2c(c1O)ONC(=O)C=C2. The first kappa shape index (κ1) is 15.1. The third-order valence-corrected chi connectivity index (χ3v) is 3.65. The molecule has 23 heavy (non-hydrogen) atoms. The number of phenols is 1. The van der Waals surface area contributed by atoms with E-state index in [0.29, 0.717) is 12.1 Å². The van der Waals surface area contributed by atoms with Gasteiger partial charge in [-0.25, -0.2) is 0 Å². The number of hydroxylamine groups is 1. The van der Waals surface area contributed by atoms with Crippen molar-refractivity contribution in [1.82, 2.24) is 10.4 Å². The fraction of sp³-hybridized carbons (Fsp3) is 0.167. The number of nitrogens with one attached hydrogen (secondary N) is 1. The first-order valence-electron chi connectivity index (χ1n) is 7.35. The topological polar surface area (TPSA) is 61.8 Å². The van der Waals surface area contributed by atoms with Crippen molar-refractivity contribution in [3.63, 3.8) is 0 Å². The van der Waals surface area contributed by atoms with Gasteiger partial charge in [0.1, 0.15) is 0 Å². The molecular formula is C18H18N2O3. The van der Waals surface area contributed by atoms with Gasteiger partial charge in [0.05, 0.1) is 0 Å². The van der Waals surface area contributed by atoms with Crippen LogP contribution in [0.2, 0.25) is 0 Å². The van der Waals surface area contributed by atoms with Gasteiger partial charge in [0.2, 0.25) is 5.75 Å². The number of rotatable bonds is 4. The third-order valence-electron chi connectivity index (χ3n) is 3.65. The summed E-state index contributed by atoms with van der Waals surface area (Å²) in [5.41, 5.74) is 4.87. The summed E-state index contributed by atoms with van der Waals surface area (Å²) < 4.78 is 0. The van der Waals surface area contributed by atoms with Crippen LogP contribution < -0.4 is 10.3 Å². The first-order chi connectivity index (χ1) is 11.1. The van der Waals surface area contributed by atoms with Crippen LogP contribution in [0.5, 0.6) is 11.5 Å². The minimum atomic E-state index is -0.358. The molecule has 0 aromatic heterocycles. The van der Waals surface area contributed by atoms with Crippen molar-refractivity contribution >= 4 is 12.0 Å². The Bertz CT molecular complexity index is 741. The molecule has 1 aliphatic rings. The molecule has 0 spiro atoms. The zero-order valence-corrected chi connectivity index (χ0v) is 12.8. The van der Waals surface area contributed by atoms with Crippen LogP contribution in [0, 0.1) is 0 Å². The third kappa shape index (κ3) is 3.52. The molecule has 0 saturated carbocycles. The highest BCUT2D eigenvalue weighted by Crippen LogP contribution is 2.35. The molecule has 2 aromatic carbocycles. The molecule has 0 atom stereocenters. The van der Waals surface area contributed by atoms with E-state index in [0.717, 1.165) is 12.1 Å². The average Bonchev–Trinajstić information content (AvgIpc) is 2.73. The number of benzene rings is 2. The predicted octanol–water partition coefficient (Wildman–Crippen LogP) is 2.46. The normalized spacial score (nSPS) is 13.2. The Morgan fingerprint density at radius 1 is 1.09 bits per heavy atom. The Balaban J connectivity index is 1.77. The van der Waals surface area contributed by atoms with Crippen LogP contribution in [0.3, 0.4) is 0 Å². The predicted molar refractivity (Wildman–Crippen MR) is 87.5 cm³/mol.